The van der Waals surface area contributed by atoms with Crippen molar-refractivity contribution in [1.29, 1.82) is 0 Å². The van der Waals surface area contributed by atoms with Gasteiger partial charge in [0.05, 0.1) is 30.3 Å². The van der Waals surface area contributed by atoms with E-state index in [4.69, 9.17) is 4.74 Å². The van der Waals surface area contributed by atoms with E-state index in [1.54, 1.807) is 49.5 Å². The van der Waals surface area contributed by atoms with E-state index in [0.29, 0.717) is 41.5 Å². The Hall–Kier alpha value is -4.33. The zero-order chi connectivity index (χ0) is 24.1. The van der Waals surface area contributed by atoms with Gasteiger partial charge in [-0.15, -0.1) is 0 Å². The van der Waals surface area contributed by atoms with Crippen LogP contribution < -0.4 is 10.2 Å². The molecule has 0 aliphatic heterocycles. The molecule has 0 fully saturated rings. The number of hydrogen-bond donors (Lipinski definition) is 0. The van der Waals surface area contributed by atoms with Crippen LogP contribution in [0.4, 0.5) is 0 Å². The smallest absolute Gasteiger partial charge is 0.255 e. The van der Waals surface area contributed by atoms with Crippen molar-refractivity contribution in [3.8, 4) is 22.8 Å². The fourth-order valence-corrected chi connectivity index (χ4v) is 3.52. The fourth-order valence-electron chi connectivity index (χ4n) is 3.52. The minimum absolute atomic E-state index is 0.138. The van der Waals surface area contributed by atoms with Gasteiger partial charge in [-0.05, 0) is 30.7 Å². The summed E-state index contributed by atoms with van der Waals surface area (Å²) < 4.78 is 6.98. The van der Waals surface area contributed by atoms with Gasteiger partial charge in [0.2, 0.25) is 5.43 Å². The molecule has 4 rings (SSSR count). The number of benzene rings is 2. The highest BCUT2D eigenvalue weighted by atomic mass is 16.5. The third-order valence-corrected chi connectivity index (χ3v) is 5.16. The van der Waals surface area contributed by atoms with E-state index in [-0.39, 0.29) is 11.3 Å². The topological polar surface area (TPSA) is 90.2 Å². The van der Waals surface area contributed by atoms with Crippen LogP contribution in [0, 0.1) is 0 Å². The third kappa shape index (κ3) is 5.01. The van der Waals surface area contributed by atoms with Crippen molar-refractivity contribution in [3.63, 3.8) is 0 Å². The molecular formula is C26H25N5O3. The number of hydrogen-bond acceptors (Lipinski definition) is 6. The Bertz CT molecular complexity index is 1360. The summed E-state index contributed by atoms with van der Waals surface area (Å²) in [4.78, 5) is 35.5. The average Bonchev–Trinajstić information content (AvgIpc) is 2.86. The molecule has 0 saturated carbocycles. The molecule has 4 aromatic rings. The zero-order valence-corrected chi connectivity index (χ0v) is 19.3. The molecule has 172 valence electrons. The Morgan fingerprint density at radius 2 is 1.79 bits per heavy atom. The number of carbonyl (C=O) groups excluding carboxylic acids is 1. The maximum atomic E-state index is 12.6. The van der Waals surface area contributed by atoms with Crippen LogP contribution in [-0.4, -0.2) is 51.3 Å². The van der Waals surface area contributed by atoms with Crippen LogP contribution in [0.5, 0.6) is 5.75 Å². The van der Waals surface area contributed by atoms with Crippen molar-refractivity contribution in [1.82, 2.24) is 24.6 Å². The van der Waals surface area contributed by atoms with Gasteiger partial charge in [0.25, 0.3) is 5.91 Å². The van der Waals surface area contributed by atoms with Crippen LogP contribution in [0.15, 0.2) is 78.0 Å². The maximum Gasteiger partial charge on any atom is 0.255 e. The van der Waals surface area contributed by atoms with Crippen LogP contribution in [0.1, 0.15) is 28.5 Å². The average molecular weight is 456 g/mol. The highest BCUT2D eigenvalue weighted by molar-refractivity contribution is 5.97. The van der Waals surface area contributed by atoms with Crippen LogP contribution in [0.25, 0.3) is 17.1 Å². The van der Waals surface area contributed by atoms with Gasteiger partial charge in [-0.2, -0.15) is 5.10 Å². The SMILES string of the molecule is CCOc1cnc(-c2cccc(Cc3nn(-c4ccccc4C(=O)N(C)C)ccc3=O)c2)nc1. The van der Waals surface area contributed by atoms with Crippen LogP contribution >= 0.6 is 0 Å². The van der Waals surface area contributed by atoms with E-state index < -0.39 is 0 Å². The number of carbonyl (C=O) groups is 1. The van der Waals surface area contributed by atoms with Gasteiger partial charge in [0.15, 0.2) is 11.6 Å². The number of ether oxygens (including phenoxy) is 1. The number of aromatic nitrogens is 4. The van der Waals surface area contributed by atoms with E-state index >= 15 is 0 Å². The molecule has 34 heavy (non-hydrogen) atoms. The Balaban J connectivity index is 1.64. The molecule has 8 heteroatoms. The highest BCUT2D eigenvalue weighted by Gasteiger charge is 2.15. The normalized spacial score (nSPS) is 10.7. The summed E-state index contributed by atoms with van der Waals surface area (Å²) in [5.41, 5.74) is 3.05. The second-order valence-corrected chi connectivity index (χ2v) is 7.84. The lowest BCUT2D eigenvalue weighted by Crippen LogP contribution is -2.24. The predicted octanol–water partition coefficient (Wildman–Crippen LogP) is 3.38. The lowest BCUT2D eigenvalue weighted by molar-refractivity contribution is 0.0827. The predicted molar refractivity (Wildman–Crippen MR) is 129 cm³/mol. The summed E-state index contributed by atoms with van der Waals surface area (Å²) in [5, 5.41) is 4.56. The van der Waals surface area contributed by atoms with Gasteiger partial charge in [-0.3, -0.25) is 9.59 Å². The van der Waals surface area contributed by atoms with Crippen molar-refractivity contribution in [2.24, 2.45) is 0 Å². The van der Waals surface area contributed by atoms with Gasteiger partial charge in [-0.25, -0.2) is 14.6 Å². The lowest BCUT2D eigenvalue weighted by Gasteiger charge is -2.15. The molecule has 0 spiro atoms. The van der Waals surface area contributed by atoms with E-state index in [9.17, 15) is 9.59 Å². The highest BCUT2D eigenvalue weighted by Crippen LogP contribution is 2.20. The first kappa shape index (κ1) is 22.8. The van der Waals surface area contributed by atoms with Crippen LogP contribution in [0.3, 0.4) is 0 Å². The molecule has 8 nitrogen and oxygen atoms in total. The maximum absolute atomic E-state index is 12.6. The second-order valence-electron chi connectivity index (χ2n) is 7.84. The number of para-hydroxylation sites is 1. The van der Waals surface area contributed by atoms with Gasteiger partial charge >= 0.3 is 0 Å². The van der Waals surface area contributed by atoms with Gasteiger partial charge in [0.1, 0.15) is 5.69 Å². The molecule has 0 unspecified atom stereocenters. The first-order valence-corrected chi connectivity index (χ1v) is 10.9. The Kier molecular flexibility index (Phi) is 6.77. The number of nitrogens with zero attached hydrogens (tertiary/aromatic N) is 5. The summed E-state index contributed by atoms with van der Waals surface area (Å²) in [5.74, 6) is 1.05. The largest absolute Gasteiger partial charge is 0.491 e. The van der Waals surface area contributed by atoms with Crippen molar-refractivity contribution in [2.75, 3.05) is 20.7 Å². The second kappa shape index (κ2) is 10.1. The summed E-state index contributed by atoms with van der Waals surface area (Å²) in [6.45, 7) is 2.45. The van der Waals surface area contributed by atoms with E-state index in [0.717, 1.165) is 11.1 Å². The zero-order valence-electron chi connectivity index (χ0n) is 19.3. The molecule has 0 aliphatic carbocycles. The molecule has 2 heterocycles. The fraction of sp³-hybridized carbons (Fsp3) is 0.192. The van der Waals surface area contributed by atoms with Crippen molar-refractivity contribution in [3.05, 3.63) is 100 Å². The Labute approximate surface area is 197 Å². The minimum atomic E-state index is -0.171. The molecule has 0 saturated heterocycles. The molecule has 0 aliphatic rings. The minimum Gasteiger partial charge on any atom is -0.491 e. The molecule has 0 N–H and O–H groups in total. The summed E-state index contributed by atoms with van der Waals surface area (Å²) in [7, 11) is 3.40. The number of rotatable bonds is 7. The van der Waals surface area contributed by atoms with Gasteiger partial charge < -0.3 is 9.64 Å². The van der Waals surface area contributed by atoms with Gasteiger partial charge in [-0.1, -0.05) is 30.3 Å². The van der Waals surface area contributed by atoms with E-state index in [2.05, 4.69) is 15.1 Å². The molecular weight excluding hydrogens is 430 g/mol. The standard InChI is InChI=1S/C26H25N5O3/c1-4-34-20-16-27-25(28-17-20)19-9-7-8-18(14-19)15-22-24(32)12-13-31(29-22)23-11-6-5-10-21(23)26(33)30(2)3/h5-14,16-17H,4,15H2,1-3H3. The molecule has 0 atom stereocenters. The first-order chi connectivity index (χ1) is 16.5. The first-order valence-electron chi connectivity index (χ1n) is 10.9. The van der Waals surface area contributed by atoms with E-state index in [1.807, 2.05) is 43.3 Å². The quantitative estimate of drug-likeness (QED) is 0.424. The summed E-state index contributed by atoms with van der Waals surface area (Å²) in [6, 6.07) is 16.4. The lowest BCUT2D eigenvalue weighted by atomic mass is 10.1. The van der Waals surface area contributed by atoms with Crippen LogP contribution in [-0.2, 0) is 6.42 Å². The monoisotopic (exact) mass is 455 g/mol. The number of amides is 1. The molecule has 1 amide bonds. The van der Waals surface area contributed by atoms with E-state index in [1.165, 1.54) is 11.0 Å². The molecule has 0 radical (unpaired) electrons. The Morgan fingerprint density at radius 3 is 2.53 bits per heavy atom. The van der Waals surface area contributed by atoms with Crippen LogP contribution in [0.2, 0.25) is 0 Å². The molecule has 2 aromatic heterocycles. The van der Waals surface area contributed by atoms with Crippen molar-refractivity contribution in [2.45, 2.75) is 13.3 Å². The molecule has 2 aromatic carbocycles. The summed E-state index contributed by atoms with van der Waals surface area (Å²) >= 11 is 0. The third-order valence-electron chi connectivity index (χ3n) is 5.16. The van der Waals surface area contributed by atoms with Crippen molar-refractivity contribution < 1.29 is 9.53 Å². The van der Waals surface area contributed by atoms with Crippen molar-refractivity contribution >= 4 is 5.91 Å². The Morgan fingerprint density at radius 1 is 1.03 bits per heavy atom. The van der Waals surface area contributed by atoms with Gasteiger partial charge in [0, 0.05) is 38.3 Å². The molecule has 0 bridgehead atoms. The summed E-state index contributed by atoms with van der Waals surface area (Å²) in [6.07, 6.45) is 5.19.